The van der Waals surface area contributed by atoms with Crippen molar-refractivity contribution in [1.29, 1.82) is 0 Å². The summed E-state index contributed by atoms with van der Waals surface area (Å²) in [5.41, 5.74) is 2.89. The molecule has 4 rings (SSSR count). The summed E-state index contributed by atoms with van der Waals surface area (Å²) in [5.74, 6) is -0.710. The number of imide groups is 1. The Hall–Kier alpha value is -2.99. The van der Waals surface area contributed by atoms with Gasteiger partial charge in [-0.15, -0.1) is 0 Å². The third-order valence-electron chi connectivity index (χ3n) is 6.73. The van der Waals surface area contributed by atoms with E-state index in [1.807, 2.05) is 49.4 Å². The maximum Gasteiger partial charge on any atom is 0.240 e. The van der Waals surface area contributed by atoms with E-state index >= 15 is 0 Å². The van der Waals surface area contributed by atoms with Gasteiger partial charge < -0.3 is 10.1 Å². The summed E-state index contributed by atoms with van der Waals surface area (Å²) in [7, 11) is 1.59. The Balaban J connectivity index is 1.60. The fourth-order valence-electron chi connectivity index (χ4n) is 5.17. The number of aryl methyl sites for hydroxylation is 2. The summed E-state index contributed by atoms with van der Waals surface area (Å²) in [6.07, 6.45) is 2.32. The van der Waals surface area contributed by atoms with Crippen LogP contribution in [0.1, 0.15) is 54.0 Å². The highest BCUT2D eigenvalue weighted by molar-refractivity contribution is 6.11. The van der Waals surface area contributed by atoms with E-state index < -0.39 is 5.41 Å². The summed E-state index contributed by atoms with van der Waals surface area (Å²) in [6, 6.07) is 15.6. The lowest BCUT2D eigenvalue weighted by molar-refractivity contribution is -0.141. The normalized spacial score (nSPS) is 22.3. The molecule has 0 aromatic heterocycles. The second-order valence-electron chi connectivity index (χ2n) is 8.81. The van der Waals surface area contributed by atoms with Crippen LogP contribution in [0, 0.1) is 6.92 Å². The number of nitrogens with one attached hydrogen (secondary N) is 1. The molecule has 1 aliphatic heterocycles. The quantitative estimate of drug-likeness (QED) is 0.511. The Morgan fingerprint density at radius 2 is 1.91 bits per heavy atom. The first-order valence-corrected chi connectivity index (χ1v) is 11.2. The van der Waals surface area contributed by atoms with Crippen molar-refractivity contribution in [2.24, 2.45) is 0 Å². The zero-order valence-corrected chi connectivity index (χ0v) is 18.7. The first kappa shape index (κ1) is 22.2. The van der Waals surface area contributed by atoms with Gasteiger partial charge in [0.15, 0.2) is 0 Å². The van der Waals surface area contributed by atoms with Gasteiger partial charge in [0.2, 0.25) is 17.7 Å². The third-order valence-corrected chi connectivity index (χ3v) is 6.73. The molecule has 6 nitrogen and oxygen atoms in total. The number of nitrogens with zero attached hydrogens (tertiary/aromatic N) is 1. The molecular formula is C26H30N2O4. The summed E-state index contributed by atoms with van der Waals surface area (Å²) < 4.78 is 5.08. The van der Waals surface area contributed by atoms with Crippen LogP contribution in [0.15, 0.2) is 48.5 Å². The Kier molecular flexibility index (Phi) is 6.42. The van der Waals surface area contributed by atoms with E-state index in [0.29, 0.717) is 19.6 Å². The number of carbonyl (C=O) groups excluding carboxylic acids is 3. The number of likely N-dealkylation sites (tertiary alicyclic amines) is 1. The van der Waals surface area contributed by atoms with Crippen LogP contribution in [0.2, 0.25) is 0 Å². The molecular weight excluding hydrogens is 404 g/mol. The molecule has 0 unspecified atom stereocenters. The van der Waals surface area contributed by atoms with Gasteiger partial charge >= 0.3 is 0 Å². The Morgan fingerprint density at radius 1 is 1.16 bits per heavy atom. The van der Waals surface area contributed by atoms with Gasteiger partial charge in [0.1, 0.15) is 0 Å². The molecule has 0 bridgehead atoms. The maximum absolute atomic E-state index is 13.6. The number of carbonyl (C=O) groups is 3. The summed E-state index contributed by atoms with van der Waals surface area (Å²) in [4.78, 5) is 41.1. The molecule has 6 heteroatoms. The minimum atomic E-state index is -1.17. The standard InChI is InChI=1S/C26H30N2O4/c1-18-8-3-6-11-21(18)26(17-24(30)28(25(26)31)14-7-15-32-2)16-23(29)27-22-13-12-19-9-4-5-10-20(19)22/h3-6,8-11,22H,7,12-17H2,1-2H3,(H,27,29)/t22-,26+/m0/s1. The Labute approximate surface area is 188 Å². The van der Waals surface area contributed by atoms with E-state index in [0.717, 1.165) is 29.5 Å². The van der Waals surface area contributed by atoms with Crippen LogP contribution in [0.4, 0.5) is 0 Å². The van der Waals surface area contributed by atoms with Crippen molar-refractivity contribution in [2.75, 3.05) is 20.3 Å². The summed E-state index contributed by atoms with van der Waals surface area (Å²) in [6.45, 7) is 2.69. The average molecular weight is 435 g/mol. The van der Waals surface area contributed by atoms with Crippen molar-refractivity contribution in [2.45, 2.75) is 50.5 Å². The van der Waals surface area contributed by atoms with Crippen molar-refractivity contribution in [1.82, 2.24) is 10.2 Å². The van der Waals surface area contributed by atoms with Crippen molar-refractivity contribution in [3.05, 3.63) is 70.8 Å². The van der Waals surface area contributed by atoms with E-state index in [-0.39, 0.29) is 36.6 Å². The number of fused-ring (bicyclic) bond motifs is 1. The van der Waals surface area contributed by atoms with Gasteiger partial charge in [-0.25, -0.2) is 0 Å². The zero-order chi connectivity index (χ0) is 22.7. The van der Waals surface area contributed by atoms with Crippen LogP contribution in [0.5, 0.6) is 0 Å². The van der Waals surface area contributed by atoms with Crippen LogP contribution in [-0.4, -0.2) is 42.9 Å². The lowest BCUT2D eigenvalue weighted by Gasteiger charge is -2.29. The van der Waals surface area contributed by atoms with Gasteiger partial charge in [-0.3, -0.25) is 19.3 Å². The molecule has 2 aromatic rings. The molecule has 1 fully saturated rings. The molecule has 0 saturated carbocycles. The van der Waals surface area contributed by atoms with E-state index in [1.165, 1.54) is 10.5 Å². The zero-order valence-electron chi connectivity index (χ0n) is 18.7. The molecule has 0 spiro atoms. The lowest BCUT2D eigenvalue weighted by atomic mass is 9.74. The van der Waals surface area contributed by atoms with Crippen LogP contribution < -0.4 is 5.32 Å². The summed E-state index contributed by atoms with van der Waals surface area (Å²) >= 11 is 0. The number of hydrogen-bond donors (Lipinski definition) is 1. The molecule has 2 atom stereocenters. The molecule has 1 N–H and O–H groups in total. The lowest BCUT2D eigenvalue weighted by Crippen LogP contribution is -2.43. The predicted molar refractivity (Wildman–Crippen MR) is 121 cm³/mol. The Morgan fingerprint density at radius 3 is 2.69 bits per heavy atom. The number of methoxy groups -OCH3 is 1. The van der Waals surface area contributed by atoms with Crippen LogP contribution in [0.25, 0.3) is 0 Å². The van der Waals surface area contributed by atoms with E-state index in [4.69, 9.17) is 4.74 Å². The molecule has 2 aromatic carbocycles. The SMILES string of the molecule is COCCCN1C(=O)C[C@](CC(=O)N[C@H]2CCc3ccccc32)(c2ccccc2C)C1=O. The first-order chi connectivity index (χ1) is 15.5. The maximum atomic E-state index is 13.6. The van der Waals surface area contributed by atoms with Crippen molar-refractivity contribution >= 4 is 17.7 Å². The fraction of sp³-hybridized carbons (Fsp3) is 0.423. The van der Waals surface area contributed by atoms with Crippen molar-refractivity contribution in [3.8, 4) is 0 Å². The largest absolute Gasteiger partial charge is 0.385 e. The minimum absolute atomic E-state index is 0.0122. The number of rotatable bonds is 8. The third kappa shape index (κ3) is 4.07. The van der Waals surface area contributed by atoms with E-state index in [9.17, 15) is 14.4 Å². The smallest absolute Gasteiger partial charge is 0.240 e. The number of ether oxygens (including phenoxy) is 1. The molecule has 3 amide bonds. The van der Waals surface area contributed by atoms with Crippen molar-refractivity contribution in [3.63, 3.8) is 0 Å². The molecule has 1 heterocycles. The molecule has 2 aliphatic rings. The van der Waals surface area contributed by atoms with Gasteiger partial charge in [-0.2, -0.15) is 0 Å². The monoisotopic (exact) mass is 434 g/mol. The molecule has 0 radical (unpaired) electrons. The molecule has 1 saturated heterocycles. The van der Waals surface area contributed by atoms with Crippen LogP contribution in [-0.2, 0) is 31.0 Å². The minimum Gasteiger partial charge on any atom is -0.385 e. The highest BCUT2D eigenvalue weighted by Gasteiger charge is 2.54. The highest BCUT2D eigenvalue weighted by Crippen LogP contribution is 2.42. The molecule has 32 heavy (non-hydrogen) atoms. The number of hydrogen-bond acceptors (Lipinski definition) is 4. The topological polar surface area (TPSA) is 75.7 Å². The molecule has 1 aliphatic carbocycles. The van der Waals surface area contributed by atoms with Crippen molar-refractivity contribution < 1.29 is 19.1 Å². The number of benzene rings is 2. The Bertz CT molecular complexity index is 1030. The second kappa shape index (κ2) is 9.25. The molecule has 168 valence electrons. The van der Waals surface area contributed by atoms with Gasteiger partial charge in [-0.1, -0.05) is 48.5 Å². The van der Waals surface area contributed by atoms with E-state index in [2.05, 4.69) is 11.4 Å². The van der Waals surface area contributed by atoms with Crippen LogP contribution >= 0.6 is 0 Å². The predicted octanol–water partition coefficient (Wildman–Crippen LogP) is 3.22. The summed E-state index contributed by atoms with van der Waals surface area (Å²) in [5, 5.41) is 3.14. The fourth-order valence-corrected chi connectivity index (χ4v) is 5.17. The van der Waals surface area contributed by atoms with Gasteiger partial charge in [0.25, 0.3) is 0 Å². The average Bonchev–Trinajstić information content (AvgIpc) is 3.28. The number of amides is 3. The van der Waals surface area contributed by atoms with Gasteiger partial charge in [0, 0.05) is 33.1 Å². The first-order valence-electron chi connectivity index (χ1n) is 11.2. The van der Waals surface area contributed by atoms with Gasteiger partial charge in [0.05, 0.1) is 11.5 Å². The van der Waals surface area contributed by atoms with Gasteiger partial charge in [-0.05, 0) is 48.4 Å². The highest BCUT2D eigenvalue weighted by atomic mass is 16.5. The van der Waals surface area contributed by atoms with E-state index in [1.54, 1.807) is 7.11 Å². The van der Waals surface area contributed by atoms with Crippen LogP contribution in [0.3, 0.4) is 0 Å². The second-order valence-corrected chi connectivity index (χ2v) is 8.81.